The molecule has 2 aliphatic heterocycles. The average molecular weight is 339 g/mol. The molecule has 1 N–H and O–H groups in total. The SMILES string of the molecule is O=C(NCc1cccnc1)[C@]12CCO[C@H]1CCN(c1ncccn1)C2. The maximum Gasteiger partial charge on any atom is 0.231 e. The summed E-state index contributed by atoms with van der Waals surface area (Å²) >= 11 is 0. The Morgan fingerprint density at radius 2 is 2.20 bits per heavy atom. The van der Waals surface area contributed by atoms with Crippen LogP contribution in [0.3, 0.4) is 0 Å². The van der Waals surface area contributed by atoms with E-state index in [2.05, 4.69) is 25.2 Å². The summed E-state index contributed by atoms with van der Waals surface area (Å²) in [6.07, 6.45) is 8.44. The highest BCUT2D eigenvalue weighted by molar-refractivity contribution is 5.84. The van der Waals surface area contributed by atoms with Crippen molar-refractivity contribution < 1.29 is 9.53 Å². The van der Waals surface area contributed by atoms with Gasteiger partial charge in [-0.3, -0.25) is 9.78 Å². The lowest BCUT2D eigenvalue weighted by molar-refractivity contribution is -0.135. The zero-order valence-corrected chi connectivity index (χ0v) is 14.0. The minimum Gasteiger partial charge on any atom is -0.377 e. The Labute approximate surface area is 146 Å². The molecular formula is C18H21N5O2. The van der Waals surface area contributed by atoms with Crippen molar-refractivity contribution in [2.75, 3.05) is 24.6 Å². The maximum absolute atomic E-state index is 13.1. The molecule has 25 heavy (non-hydrogen) atoms. The molecular weight excluding hydrogens is 318 g/mol. The van der Waals surface area contributed by atoms with Crippen molar-refractivity contribution in [1.29, 1.82) is 0 Å². The number of pyridine rings is 1. The lowest BCUT2D eigenvalue weighted by Gasteiger charge is -2.42. The number of aromatic nitrogens is 3. The summed E-state index contributed by atoms with van der Waals surface area (Å²) in [6, 6.07) is 5.63. The highest BCUT2D eigenvalue weighted by atomic mass is 16.5. The number of nitrogens with one attached hydrogen (secondary N) is 1. The van der Waals surface area contributed by atoms with E-state index in [1.807, 2.05) is 12.1 Å². The monoisotopic (exact) mass is 339 g/mol. The molecule has 130 valence electrons. The van der Waals surface area contributed by atoms with E-state index in [4.69, 9.17) is 4.74 Å². The van der Waals surface area contributed by atoms with Crippen molar-refractivity contribution in [1.82, 2.24) is 20.3 Å². The highest BCUT2D eigenvalue weighted by Crippen LogP contribution is 2.41. The van der Waals surface area contributed by atoms with Crippen LogP contribution in [0, 0.1) is 5.41 Å². The summed E-state index contributed by atoms with van der Waals surface area (Å²) in [7, 11) is 0. The Balaban J connectivity index is 1.51. The second kappa shape index (κ2) is 6.76. The minimum absolute atomic E-state index is 0.0404. The van der Waals surface area contributed by atoms with Gasteiger partial charge in [0.1, 0.15) is 0 Å². The van der Waals surface area contributed by atoms with Gasteiger partial charge in [-0.2, -0.15) is 0 Å². The van der Waals surface area contributed by atoms with Crippen molar-refractivity contribution in [3.05, 3.63) is 48.5 Å². The summed E-state index contributed by atoms with van der Waals surface area (Å²) in [5.74, 6) is 0.715. The van der Waals surface area contributed by atoms with Gasteiger partial charge in [-0.05, 0) is 30.5 Å². The number of anilines is 1. The molecule has 2 aliphatic rings. The number of hydrogen-bond acceptors (Lipinski definition) is 6. The standard InChI is InChI=1S/C18H21N5O2/c24-16(22-12-14-3-1-6-19-11-14)18-5-10-25-15(18)4-9-23(13-18)17-20-7-2-8-21-17/h1-3,6-8,11,15H,4-5,9-10,12-13H2,(H,22,24)/t15-,18-/m0/s1. The van der Waals surface area contributed by atoms with Crippen LogP contribution in [-0.2, 0) is 16.1 Å². The van der Waals surface area contributed by atoms with Gasteiger partial charge in [-0.25, -0.2) is 9.97 Å². The van der Waals surface area contributed by atoms with Gasteiger partial charge in [0.25, 0.3) is 0 Å². The summed E-state index contributed by atoms with van der Waals surface area (Å²) in [6.45, 7) is 2.48. The largest absolute Gasteiger partial charge is 0.377 e. The number of amides is 1. The summed E-state index contributed by atoms with van der Waals surface area (Å²) < 4.78 is 5.88. The second-order valence-electron chi connectivity index (χ2n) is 6.57. The molecule has 0 bridgehead atoms. The number of hydrogen-bond donors (Lipinski definition) is 1. The van der Waals surface area contributed by atoms with Crippen LogP contribution in [0.25, 0.3) is 0 Å². The van der Waals surface area contributed by atoms with Gasteiger partial charge in [0, 0.05) is 51.0 Å². The molecule has 0 saturated carbocycles. The average Bonchev–Trinajstić information content (AvgIpc) is 3.12. The van der Waals surface area contributed by atoms with Crippen LogP contribution in [-0.4, -0.2) is 46.7 Å². The number of ether oxygens (including phenoxy) is 1. The summed E-state index contributed by atoms with van der Waals surface area (Å²) in [4.78, 5) is 27.9. The third-order valence-electron chi connectivity index (χ3n) is 5.08. The van der Waals surface area contributed by atoms with Crippen LogP contribution >= 0.6 is 0 Å². The van der Waals surface area contributed by atoms with Gasteiger partial charge in [-0.15, -0.1) is 0 Å². The van der Waals surface area contributed by atoms with Gasteiger partial charge >= 0.3 is 0 Å². The number of nitrogens with zero attached hydrogens (tertiary/aromatic N) is 4. The minimum atomic E-state index is -0.542. The lowest BCUT2D eigenvalue weighted by atomic mass is 9.75. The smallest absolute Gasteiger partial charge is 0.231 e. The normalized spacial score (nSPS) is 25.4. The first-order chi connectivity index (χ1) is 12.3. The Kier molecular flexibility index (Phi) is 4.31. The second-order valence-corrected chi connectivity index (χ2v) is 6.57. The topological polar surface area (TPSA) is 80.2 Å². The van der Waals surface area contributed by atoms with E-state index in [9.17, 15) is 4.79 Å². The van der Waals surface area contributed by atoms with Gasteiger partial charge in [0.2, 0.25) is 11.9 Å². The molecule has 4 rings (SSSR count). The first-order valence-corrected chi connectivity index (χ1v) is 8.59. The molecule has 4 heterocycles. The summed E-state index contributed by atoms with van der Waals surface area (Å²) in [5, 5.41) is 3.08. The molecule has 1 amide bonds. The Morgan fingerprint density at radius 3 is 3.00 bits per heavy atom. The molecule has 2 fully saturated rings. The van der Waals surface area contributed by atoms with Gasteiger partial charge < -0.3 is 15.0 Å². The van der Waals surface area contributed by atoms with E-state index in [1.165, 1.54) is 0 Å². The number of carbonyl (C=O) groups is 1. The fraction of sp³-hybridized carbons (Fsp3) is 0.444. The fourth-order valence-electron chi connectivity index (χ4n) is 3.75. The molecule has 7 nitrogen and oxygen atoms in total. The molecule has 7 heteroatoms. The zero-order valence-electron chi connectivity index (χ0n) is 14.0. The van der Waals surface area contributed by atoms with Crippen molar-refractivity contribution in [2.45, 2.75) is 25.5 Å². The molecule has 0 spiro atoms. The van der Waals surface area contributed by atoms with E-state index in [1.54, 1.807) is 30.9 Å². The molecule has 0 unspecified atom stereocenters. The molecule has 2 aromatic heterocycles. The van der Waals surface area contributed by atoms with Crippen LogP contribution in [0.2, 0.25) is 0 Å². The predicted octanol–water partition coefficient (Wildman–Crippen LogP) is 1.17. The number of rotatable bonds is 4. The van der Waals surface area contributed by atoms with E-state index in [-0.39, 0.29) is 12.0 Å². The first-order valence-electron chi connectivity index (χ1n) is 8.59. The van der Waals surface area contributed by atoms with Crippen LogP contribution < -0.4 is 10.2 Å². The van der Waals surface area contributed by atoms with Crippen LogP contribution in [0.1, 0.15) is 18.4 Å². The Morgan fingerprint density at radius 1 is 1.32 bits per heavy atom. The third-order valence-corrected chi connectivity index (χ3v) is 5.08. The molecule has 2 aromatic rings. The number of piperidine rings is 1. The predicted molar refractivity (Wildman–Crippen MR) is 91.7 cm³/mol. The van der Waals surface area contributed by atoms with Crippen molar-refractivity contribution in [3.8, 4) is 0 Å². The molecule has 0 radical (unpaired) electrons. The van der Waals surface area contributed by atoms with E-state index in [0.717, 1.165) is 24.9 Å². The summed E-state index contributed by atoms with van der Waals surface area (Å²) in [5.41, 5.74) is 0.446. The quantitative estimate of drug-likeness (QED) is 0.901. The zero-order chi connectivity index (χ0) is 17.1. The molecule has 2 saturated heterocycles. The van der Waals surface area contributed by atoms with Gasteiger partial charge in [0.05, 0.1) is 11.5 Å². The number of fused-ring (bicyclic) bond motifs is 1. The maximum atomic E-state index is 13.1. The first kappa shape index (κ1) is 16.0. The van der Waals surface area contributed by atoms with Crippen molar-refractivity contribution >= 4 is 11.9 Å². The molecule has 0 aromatic carbocycles. The molecule has 0 aliphatic carbocycles. The van der Waals surface area contributed by atoms with Gasteiger partial charge in [-0.1, -0.05) is 6.07 Å². The highest BCUT2D eigenvalue weighted by Gasteiger charge is 2.53. The van der Waals surface area contributed by atoms with Crippen LogP contribution in [0.5, 0.6) is 0 Å². The van der Waals surface area contributed by atoms with Crippen molar-refractivity contribution in [2.24, 2.45) is 5.41 Å². The van der Waals surface area contributed by atoms with Crippen LogP contribution in [0.4, 0.5) is 5.95 Å². The fourth-order valence-corrected chi connectivity index (χ4v) is 3.75. The van der Waals surface area contributed by atoms with E-state index in [0.29, 0.717) is 25.6 Å². The lowest BCUT2D eigenvalue weighted by Crippen LogP contribution is -2.57. The van der Waals surface area contributed by atoms with Crippen molar-refractivity contribution in [3.63, 3.8) is 0 Å². The number of carbonyl (C=O) groups excluding carboxylic acids is 1. The Hall–Kier alpha value is -2.54. The van der Waals surface area contributed by atoms with E-state index >= 15 is 0 Å². The van der Waals surface area contributed by atoms with Gasteiger partial charge in [0.15, 0.2) is 0 Å². The van der Waals surface area contributed by atoms with Crippen LogP contribution in [0.15, 0.2) is 43.0 Å². The molecule has 2 atom stereocenters. The Bertz CT molecular complexity index is 727. The third kappa shape index (κ3) is 3.07. The van der Waals surface area contributed by atoms with E-state index < -0.39 is 5.41 Å².